The van der Waals surface area contributed by atoms with Gasteiger partial charge >= 0.3 is 0 Å². The van der Waals surface area contributed by atoms with Gasteiger partial charge in [0.1, 0.15) is 6.17 Å². The Bertz CT molecular complexity index is 352. The fourth-order valence-corrected chi connectivity index (χ4v) is 4.41. The van der Waals surface area contributed by atoms with E-state index in [-0.39, 0.29) is 0 Å². The summed E-state index contributed by atoms with van der Waals surface area (Å²) >= 11 is 0. The van der Waals surface area contributed by atoms with Gasteiger partial charge in [-0.05, 0) is 25.7 Å². The lowest BCUT2D eigenvalue weighted by Gasteiger charge is -2.33. The normalized spacial score (nSPS) is 16.5. The Labute approximate surface area is 178 Å². The van der Waals surface area contributed by atoms with Crippen LogP contribution >= 0.6 is 0 Å². The van der Waals surface area contributed by atoms with Gasteiger partial charge < -0.3 is 9.80 Å². The molecule has 0 saturated heterocycles. The summed E-state index contributed by atoms with van der Waals surface area (Å²) in [6.07, 6.45) is 30.7. The first-order valence-corrected chi connectivity index (χ1v) is 13.0. The summed E-state index contributed by atoms with van der Waals surface area (Å²) < 4.78 is 0. The third kappa shape index (κ3) is 12.0. The molecule has 0 bridgehead atoms. The minimum absolute atomic E-state index is 0.643. The maximum Gasteiger partial charge on any atom is 0.101 e. The van der Waals surface area contributed by atoms with Crippen LogP contribution in [0.2, 0.25) is 0 Å². The molecule has 0 amide bonds. The SMILES string of the molecule is CCCCCCCCCCCCCCN1C=CN(CCCCC)C1CCCC. The van der Waals surface area contributed by atoms with E-state index < -0.39 is 0 Å². The average Bonchev–Trinajstić information content (AvgIpc) is 3.09. The summed E-state index contributed by atoms with van der Waals surface area (Å²) in [5.74, 6) is 0. The molecule has 1 aliphatic rings. The quantitative estimate of drug-likeness (QED) is 0.192. The molecular formula is C26H52N2. The molecule has 0 aromatic rings. The van der Waals surface area contributed by atoms with Gasteiger partial charge in [0.15, 0.2) is 0 Å². The zero-order valence-corrected chi connectivity index (χ0v) is 19.8. The van der Waals surface area contributed by atoms with E-state index in [2.05, 4.69) is 43.0 Å². The first-order chi connectivity index (χ1) is 13.8. The van der Waals surface area contributed by atoms with Crippen LogP contribution in [0.5, 0.6) is 0 Å². The number of unbranched alkanes of at least 4 members (excludes halogenated alkanes) is 14. The van der Waals surface area contributed by atoms with Crippen LogP contribution < -0.4 is 0 Å². The molecule has 1 rings (SSSR count). The van der Waals surface area contributed by atoms with Gasteiger partial charge in [0.05, 0.1) is 0 Å². The topological polar surface area (TPSA) is 6.48 Å². The highest BCUT2D eigenvalue weighted by atomic mass is 15.4. The molecule has 0 aromatic carbocycles. The van der Waals surface area contributed by atoms with Crippen molar-refractivity contribution in [2.45, 2.75) is 143 Å². The lowest BCUT2D eigenvalue weighted by molar-refractivity contribution is 0.136. The van der Waals surface area contributed by atoms with Crippen molar-refractivity contribution in [2.24, 2.45) is 0 Å². The van der Waals surface area contributed by atoms with E-state index >= 15 is 0 Å². The maximum atomic E-state index is 2.64. The number of hydrogen-bond acceptors (Lipinski definition) is 2. The van der Waals surface area contributed by atoms with E-state index in [9.17, 15) is 0 Å². The van der Waals surface area contributed by atoms with Gasteiger partial charge in [-0.2, -0.15) is 0 Å². The molecule has 1 atom stereocenters. The number of hydrogen-bond donors (Lipinski definition) is 0. The molecule has 0 radical (unpaired) electrons. The fourth-order valence-electron chi connectivity index (χ4n) is 4.41. The van der Waals surface area contributed by atoms with Gasteiger partial charge in [-0.15, -0.1) is 0 Å². The number of rotatable bonds is 20. The molecular weight excluding hydrogens is 340 g/mol. The van der Waals surface area contributed by atoms with Crippen LogP contribution in [0.15, 0.2) is 12.4 Å². The molecule has 1 aliphatic heterocycles. The minimum atomic E-state index is 0.643. The van der Waals surface area contributed by atoms with Gasteiger partial charge in [0.25, 0.3) is 0 Å². The van der Waals surface area contributed by atoms with Crippen LogP contribution in [0.3, 0.4) is 0 Å². The van der Waals surface area contributed by atoms with E-state index in [4.69, 9.17) is 0 Å². The van der Waals surface area contributed by atoms with Crippen molar-refractivity contribution in [3.63, 3.8) is 0 Å². The molecule has 166 valence electrons. The van der Waals surface area contributed by atoms with Gasteiger partial charge in [-0.1, -0.05) is 111 Å². The van der Waals surface area contributed by atoms with Gasteiger partial charge in [-0.25, -0.2) is 0 Å². The molecule has 0 aliphatic carbocycles. The molecule has 0 aromatic heterocycles. The van der Waals surface area contributed by atoms with Crippen molar-refractivity contribution in [1.82, 2.24) is 9.80 Å². The fraction of sp³-hybridized carbons (Fsp3) is 0.923. The highest BCUT2D eigenvalue weighted by Crippen LogP contribution is 2.22. The smallest absolute Gasteiger partial charge is 0.101 e. The molecule has 2 nitrogen and oxygen atoms in total. The van der Waals surface area contributed by atoms with Crippen LogP contribution in [0.4, 0.5) is 0 Å². The third-order valence-electron chi connectivity index (χ3n) is 6.32. The number of nitrogens with zero attached hydrogens (tertiary/aromatic N) is 2. The molecule has 28 heavy (non-hydrogen) atoms. The zero-order chi connectivity index (χ0) is 20.3. The van der Waals surface area contributed by atoms with Crippen LogP contribution in [0.1, 0.15) is 136 Å². The third-order valence-corrected chi connectivity index (χ3v) is 6.32. The molecule has 0 N–H and O–H groups in total. The summed E-state index contributed by atoms with van der Waals surface area (Å²) in [6, 6.07) is 0. The van der Waals surface area contributed by atoms with Crippen LogP contribution in [0.25, 0.3) is 0 Å². The molecule has 0 saturated carbocycles. The zero-order valence-electron chi connectivity index (χ0n) is 19.8. The van der Waals surface area contributed by atoms with E-state index in [1.807, 2.05) is 0 Å². The second-order valence-electron chi connectivity index (χ2n) is 8.99. The van der Waals surface area contributed by atoms with Crippen molar-refractivity contribution in [3.8, 4) is 0 Å². The van der Waals surface area contributed by atoms with E-state index in [1.54, 1.807) is 0 Å². The first-order valence-electron chi connectivity index (χ1n) is 13.0. The summed E-state index contributed by atoms with van der Waals surface area (Å²) in [7, 11) is 0. The Morgan fingerprint density at radius 3 is 1.29 bits per heavy atom. The molecule has 1 unspecified atom stereocenters. The minimum Gasteiger partial charge on any atom is -0.356 e. The monoisotopic (exact) mass is 392 g/mol. The Kier molecular flexibility index (Phi) is 16.7. The van der Waals surface area contributed by atoms with E-state index in [0.29, 0.717) is 6.17 Å². The maximum absolute atomic E-state index is 2.64. The molecule has 0 fully saturated rings. The highest BCUT2D eigenvalue weighted by molar-refractivity contribution is 4.96. The first kappa shape index (κ1) is 25.4. The van der Waals surface area contributed by atoms with Gasteiger partial charge in [-0.3, -0.25) is 0 Å². The molecule has 2 heteroatoms. The second-order valence-corrected chi connectivity index (χ2v) is 8.99. The van der Waals surface area contributed by atoms with Crippen LogP contribution in [-0.4, -0.2) is 29.1 Å². The van der Waals surface area contributed by atoms with Gasteiger partial charge in [0.2, 0.25) is 0 Å². The van der Waals surface area contributed by atoms with Crippen molar-refractivity contribution in [3.05, 3.63) is 12.4 Å². The predicted molar refractivity (Wildman–Crippen MR) is 126 cm³/mol. The summed E-state index contributed by atoms with van der Waals surface area (Å²) in [5.41, 5.74) is 0. The highest BCUT2D eigenvalue weighted by Gasteiger charge is 2.24. The lowest BCUT2D eigenvalue weighted by Crippen LogP contribution is -2.39. The Morgan fingerprint density at radius 1 is 0.464 bits per heavy atom. The van der Waals surface area contributed by atoms with Crippen LogP contribution in [0, 0.1) is 0 Å². The van der Waals surface area contributed by atoms with Crippen LogP contribution in [-0.2, 0) is 0 Å². The summed E-state index contributed by atoms with van der Waals surface area (Å²) in [4.78, 5) is 5.25. The van der Waals surface area contributed by atoms with E-state index in [0.717, 1.165) is 0 Å². The van der Waals surface area contributed by atoms with E-state index in [1.165, 1.54) is 129 Å². The standard InChI is InChI=1S/C26H52N2/c1-4-7-10-11-12-13-14-15-16-17-18-20-23-28-25-24-27(22-19-8-5-2)26(28)21-9-6-3/h24-26H,4-23H2,1-3H3. The Morgan fingerprint density at radius 2 is 0.821 bits per heavy atom. The Hall–Kier alpha value is -0.660. The largest absolute Gasteiger partial charge is 0.356 e. The van der Waals surface area contributed by atoms with Gasteiger partial charge in [0, 0.05) is 25.5 Å². The molecule has 1 heterocycles. The average molecular weight is 393 g/mol. The Balaban J connectivity index is 2.05. The van der Waals surface area contributed by atoms with Crippen molar-refractivity contribution < 1.29 is 0 Å². The van der Waals surface area contributed by atoms with Crippen molar-refractivity contribution in [2.75, 3.05) is 13.1 Å². The predicted octanol–water partition coefficient (Wildman–Crippen LogP) is 8.48. The van der Waals surface area contributed by atoms with Crippen molar-refractivity contribution in [1.29, 1.82) is 0 Å². The summed E-state index contributed by atoms with van der Waals surface area (Å²) in [5, 5.41) is 0. The van der Waals surface area contributed by atoms with Crippen molar-refractivity contribution >= 4 is 0 Å². The lowest BCUT2D eigenvalue weighted by atomic mass is 10.1. The second kappa shape index (κ2) is 18.4. The molecule has 0 spiro atoms. The summed E-state index contributed by atoms with van der Waals surface area (Å²) in [6.45, 7) is 9.42.